The Kier molecular flexibility index (Phi) is 12.3. The largest absolute Gasteiger partial charge is 0.505 e. The Morgan fingerprint density at radius 2 is 1.69 bits per heavy atom. The third-order valence-corrected chi connectivity index (χ3v) is 8.99. The van der Waals surface area contributed by atoms with Crippen LogP contribution in [0.3, 0.4) is 0 Å². The van der Waals surface area contributed by atoms with Gasteiger partial charge in [0.1, 0.15) is 34.1 Å². The van der Waals surface area contributed by atoms with Crippen molar-refractivity contribution in [3.63, 3.8) is 0 Å². The van der Waals surface area contributed by atoms with Gasteiger partial charge in [0.25, 0.3) is 10.1 Å². The minimum Gasteiger partial charge on any atom is -0.505 e. The molecule has 0 radical (unpaired) electrons. The lowest BCUT2D eigenvalue weighted by molar-refractivity contribution is -0.700. The molecule has 51 heavy (non-hydrogen) atoms. The van der Waals surface area contributed by atoms with Crippen molar-refractivity contribution in [3.05, 3.63) is 96.3 Å². The third-order valence-electron chi connectivity index (χ3n) is 6.87. The molecule has 1 aromatic heterocycles. The first kappa shape index (κ1) is 37.2. The number of anilines is 1. The summed E-state index contributed by atoms with van der Waals surface area (Å²) in [5.41, 5.74) is 7.79. The number of aromatic carboxylic acids is 1. The summed E-state index contributed by atoms with van der Waals surface area (Å²) >= 11 is 1.08. The number of azo groups is 2. The van der Waals surface area contributed by atoms with Crippen molar-refractivity contribution < 1.29 is 56.4 Å². The van der Waals surface area contributed by atoms with E-state index in [0.717, 1.165) is 11.6 Å². The fourth-order valence-corrected chi connectivity index (χ4v) is 6.13. The standard InChI is InChI=1S/C31H26N6O11S3/c1-18-4-6-20(7-5-18)33-35-28-23-16-26(50-48-46-41)29(30(38)22(23)9-10-24(28)32)36-34-25-11-8-21(15-27(25)51(42,43)44)49-47-45-14-13-37-12-2-3-19(17-37)31(39)40/h2-12,15-17H,13-14H2,1H3,(H5-,32,33,34,38,39,40,41,42,43,44)/p+1. The molecule has 1 heterocycles. The number of hydrogen-bond acceptors (Lipinski definition) is 16. The summed E-state index contributed by atoms with van der Waals surface area (Å²) in [6.45, 7) is 2.20. The van der Waals surface area contributed by atoms with E-state index in [0.29, 0.717) is 35.2 Å². The summed E-state index contributed by atoms with van der Waals surface area (Å²) < 4.78 is 45.8. The second kappa shape index (κ2) is 16.8. The topological polar surface area (TPSA) is 248 Å². The Hall–Kier alpha value is -5.03. The second-order valence-corrected chi connectivity index (χ2v) is 13.3. The van der Waals surface area contributed by atoms with E-state index in [1.165, 1.54) is 42.6 Å². The normalized spacial score (nSPS) is 12.0. The summed E-state index contributed by atoms with van der Waals surface area (Å²) in [4.78, 5) is 15.8. The Morgan fingerprint density at radius 3 is 2.41 bits per heavy atom. The van der Waals surface area contributed by atoms with Crippen LogP contribution in [-0.2, 0) is 35.3 Å². The van der Waals surface area contributed by atoms with Crippen molar-refractivity contribution in [1.29, 1.82) is 0 Å². The molecule has 0 aliphatic heterocycles. The molecular formula is C31H27N6O11S3+. The number of phenols is 1. The molecule has 6 N–H and O–H groups in total. The summed E-state index contributed by atoms with van der Waals surface area (Å²) in [5.74, 6) is -1.52. The van der Waals surface area contributed by atoms with E-state index < -0.39 is 26.7 Å². The fourth-order valence-electron chi connectivity index (χ4n) is 4.43. The maximum Gasteiger partial charge on any atom is 0.341 e. The van der Waals surface area contributed by atoms with Crippen molar-refractivity contribution in [1.82, 2.24) is 0 Å². The summed E-state index contributed by atoms with van der Waals surface area (Å²) in [6, 6.07) is 18.5. The molecule has 0 saturated carbocycles. The number of aryl methyl sites for hydroxylation is 1. The highest BCUT2D eigenvalue weighted by molar-refractivity contribution is 7.95. The lowest BCUT2D eigenvalue weighted by Gasteiger charge is -2.12. The van der Waals surface area contributed by atoms with Crippen LogP contribution in [0.5, 0.6) is 5.75 Å². The Labute approximate surface area is 297 Å². The third kappa shape index (κ3) is 9.61. The van der Waals surface area contributed by atoms with Gasteiger partial charge in [0.2, 0.25) is 0 Å². The lowest BCUT2D eigenvalue weighted by Crippen LogP contribution is -2.36. The number of fused-ring (bicyclic) bond motifs is 1. The first-order valence-electron chi connectivity index (χ1n) is 14.4. The van der Waals surface area contributed by atoms with Gasteiger partial charge < -0.3 is 15.9 Å². The Morgan fingerprint density at radius 1 is 0.922 bits per heavy atom. The van der Waals surface area contributed by atoms with Crippen LogP contribution in [0.25, 0.3) is 10.8 Å². The maximum absolute atomic E-state index is 12.3. The maximum atomic E-state index is 12.3. The number of rotatable bonds is 15. The number of pyridine rings is 1. The number of carbonyl (C=O) groups is 1. The monoisotopic (exact) mass is 755 g/mol. The van der Waals surface area contributed by atoms with Crippen LogP contribution in [0.2, 0.25) is 0 Å². The van der Waals surface area contributed by atoms with Gasteiger partial charge in [-0.1, -0.05) is 22.7 Å². The highest BCUT2D eigenvalue weighted by atomic mass is 32.2. The molecule has 0 unspecified atom stereocenters. The van der Waals surface area contributed by atoms with Crippen molar-refractivity contribution >= 4 is 79.4 Å². The van der Waals surface area contributed by atoms with Gasteiger partial charge in [-0.05, 0) is 61.5 Å². The van der Waals surface area contributed by atoms with E-state index in [1.807, 2.05) is 19.1 Å². The van der Waals surface area contributed by atoms with Crippen LogP contribution in [0, 0.1) is 6.92 Å². The quantitative estimate of drug-likeness (QED) is 0.0101. The van der Waals surface area contributed by atoms with Gasteiger partial charge in [-0.25, -0.2) is 19.5 Å². The zero-order valence-corrected chi connectivity index (χ0v) is 28.6. The smallest absolute Gasteiger partial charge is 0.341 e. The van der Waals surface area contributed by atoms with Crippen LogP contribution >= 0.6 is 24.1 Å². The van der Waals surface area contributed by atoms with Crippen molar-refractivity contribution in [2.24, 2.45) is 20.5 Å². The predicted octanol–water partition coefficient (Wildman–Crippen LogP) is 7.58. The van der Waals surface area contributed by atoms with Gasteiger partial charge in [0, 0.05) is 21.7 Å². The first-order chi connectivity index (χ1) is 24.4. The molecule has 17 nitrogen and oxygen atoms in total. The highest BCUT2D eigenvalue weighted by Gasteiger charge is 2.21. The molecule has 20 heteroatoms. The molecule has 0 amide bonds. The van der Waals surface area contributed by atoms with E-state index in [9.17, 15) is 22.9 Å². The van der Waals surface area contributed by atoms with Crippen molar-refractivity contribution in [2.75, 3.05) is 12.3 Å². The molecule has 0 atom stereocenters. The molecule has 0 saturated heterocycles. The molecule has 0 bridgehead atoms. The minimum absolute atomic E-state index is 0.0164. The van der Waals surface area contributed by atoms with Crippen LogP contribution in [0.1, 0.15) is 15.9 Å². The van der Waals surface area contributed by atoms with Gasteiger partial charge in [-0.3, -0.25) is 4.55 Å². The molecule has 0 aliphatic carbocycles. The van der Waals surface area contributed by atoms with E-state index in [-0.39, 0.29) is 56.6 Å². The van der Waals surface area contributed by atoms with Crippen LogP contribution < -0.4 is 10.3 Å². The van der Waals surface area contributed by atoms with Gasteiger partial charge in [0.15, 0.2) is 24.7 Å². The second-order valence-electron chi connectivity index (χ2n) is 10.3. The van der Waals surface area contributed by atoms with Gasteiger partial charge in [-0.15, -0.1) is 19.7 Å². The van der Waals surface area contributed by atoms with E-state index in [2.05, 4.69) is 29.8 Å². The van der Waals surface area contributed by atoms with Gasteiger partial charge >= 0.3 is 5.97 Å². The number of aromatic hydroxyl groups is 1. The zero-order valence-electron chi connectivity index (χ0n) is 26.2. The van der Waals surface area contributed by atoms with E-state index in [4.69, 9.17) is 25.3 Å². The van der Waals surface area contributed by atoms with Crippen molar-refractivity contribution in [3.8, 4) is 5.75 Å². The van der Waals surface area contributed by atoms with Crippen molar-refractivity contribution in [2.45, 2.75) is 28.2 Å². The molecule has 5 rings (SSSR count). The number of phenolic OH excluding ortho intramolecular Hbond substituents is 1. The molecule has 0 aliphatic rings. The molecule has 0 spiro atoms. The molecule has 0 fully saturated rings. The van der Waals surface area contributed by atoms with E-state index >= 15 is 0 Å². The number of nitrogen functional groups attached to an aromatic ring is 1. The molecular weight excluding hydrogens is 729 g/mol. The molecule has 4 aromatic carbocycles. The summed E-state index contributed by atoms with van der Waals surface area (Å²) in [5, 5.41) is 50.0. The fraction of sp³-hybridized carbons (Fsp3) is 0.0968. The SMILES string of the molecule is Cc1ccc(N=Nc2c(N)ccc3c(O)c(N=Nc4ccc(SOOCC[n+]5cccc(C(=O)O)c5)cc4S(=O)(=O)O)c(SOOO)cc23)cc1. The first-order valence-corrected chi connectivity index (χ1v) is 17.3. The Bertz CT molecular complexity index is 2240. The number of aromatic nitrogens is 1. The lowest BCUT2D eigenvalue weighted by atomic mass is 10.1. The van der Waals surface area contributed by atoms with E-state index in [1.54, 1.807) is 29.0 Å². The number of carboxylic acid groups (broad SMARTS) is 1. The number of benzene rings is 4. The number of carboxylic acids is 1. The minimum atomic E-state index is -4.85. The average molecular weight is 756 g/mol. The highest BCUT2D eigenvalue weighted by Crippen LogP contribution is 2.48. The zero-order chi connectivity index (χ0) is 36.5. The predicted molar refractivity (Wildman–Crippen MR) is 183 cm³/mol. The van der Waals surface area contributed by atoms with Gasteiger partial charge in [0.05, 0.1) is 40.4 Å². The number of nitrogens with two attached hydrogens (primary N) is 1. The number of nitrogens with zero attached hydrogens (tertiary/aromatic N) is 5. The van der Waals surface area contributed by atoms with Gasteiger partial charge in [-0.2, -0.15) is 17.9 Å². The summed E-state index contributed by atoms with van der Waals surface area (Å²) in [7, 11) is -4.85. The molecule has 264 valence electrons. The van der Waals surface area contributed by atoms with Crippen LogP contribution in [-0.4, -0.2) is 41.0 Å². The molecule has 5 aromatic rings. The summed E-state index contributed by atoms with van der Waals surface area (Å²) in [6.07, 6.45) is 3.07. The number of hydrogen-bond donors (Lipinski definition) is 5. The van der Waals surface area contributed by atoms with Crippen LogP contribution in [0.4, 0.5) is 28.4 Å². The average Bonchev–Trinajstić information content (AvgIpc) is 3.10. The van der Waals surface area contributed by atoms with Crippen LogP contribution in [0.15, 0.2) is 120 Å². The Balaban J connectivity index is 1.39.